The first-order valence-corrected chi connectivity index (χ1v) is 5.58. The standard InChI is InChI=1S/C12H18ClNO/c1-8(10(3)15)14-9(2)11-4-6-12(13)7-5-11/h4-10,14-15H,1-3H3/t8?,9-,10?/m0/s1. The zero-order valence-electron chi connectivity index (χ0n) is 9.37. The molecule has 2 unspecified atom stereocenters. The van der Waals surface area contributed by atoms with Crippen LogP contribution in [-0.4, -0.2) is 17.3 Å². The number of aliphatic hydroxyl groups excluding tert-OH is 1. The van der Waals surface area contributed by atoms with Gasteiger partial charge < -0.3 is 10.4 Å². The molecular weight excluding hydrogens is 210 g/mol. The predicted molar refractivity (Wildman–Crippen MR) is 64.1 cm³/mol. The van der Waals surface area contributed by atoms with Crippen molar-refractivity contribution in [3.63, 3.8) is 0 Å². The number of hydrogen-bond acceptors (Lipinski definition) is 2. The highest BCUT2D eigenvalue weighted by atomic mass is 35.5. The van der Waals surface area contributed by atoms with Crippen LogP contribution in [-0.2, 0) is 0 Å². The van der Waals surface area contributed by atoms with Crippen LogP contribution in [0.4, 0.5) is 0 Å². The third kappa shape index (κ3) is 3.82. The Labute approximate surface area is 96.3 Å². The van der Waals surface area contributed by atoms with E-state index in [1.807, 2.05) is 31.2 Å². The van der Waals surface area contributed by atoms with Crippen molar-refractivity contribution >= 4 is 11.6 Å². The summed E-state index contributed by atoms with van der Waals surface area (Å²) in [6, 6.07) is 8.04. The summed E-state index contributed by atoms with van der Waals surface area (Å²) in [6.45, 7) is 5.82. The lowest BCUT2D eigenvalue weighted by Gasteiger charge is -2.22. The van der Waals surface area contributed by atoms with Crippen LogP contribution in [0.3, 0.4) is 0 Å². The van der Waals surface area contributed by atoms with E-state index in [1.165, 1.54) is 5.56 Å². The van der Waals surface area contributed by atoms with Gasteiger partial charge in [0, 0.05) is 17.1 Å². The van der Waals surface area contributed by atoms with Gasteiger partial charge in [0.05, 0.1) is 6.10 Å². The van der Waals surface area contributed by atoms with Crippen molar-refractivity contribution in [2.45, 2.75) is 39.0 Å². The molecule has 1 rings (SSSR count). The summed E-state index contributed by atoms with van der Waals surface area (Å²) in [4.78, 5) is 0. The van der Waals surface area contributed by atoms with E-state index < -0.39 is 0 Å². The van der Waals surface area contributed by atoms with Gasteiger partial charge in [-0.05, 0) is 38.5 Å². The maximum atomic E-state index is 9.38. The molecule has 0 saturated heterocycles. The zero-order valence-corrected chi connectivity index (χ0v) is 10.1. The summed E-state index contributed by atoms with van der Waals surface area (Å²) in [5.41, 5.74) is 1.17. The fourth-order valence-corrected chi connectivity index (χ4v) is 1.51. The van der Waals surface area contributed by atoms with Crippen molar-refractivity contribution in [3.05, 3.63) is 34.9 Å². The summed E-state index contributed by atoms with van der Waals surface area (Å²) in [5, 5.41) is 13.4. The Balaban J connectivity index is 2.61. The number of benzene rings is 1. The largest absolute Gasteiger partial charge is 0.392 e. The Morgan fingerprint density at radius 3 is 2.13 bits per heavy atom. The van der Waals surface area contributed by atoms with Crippen LogP contribution in [0.5, 0.6) is 0 Å². The summed E-state index contributed by atoms with van der Waals surface area (Å²) >= 11 is 5.81. The Morgan fingerprint density at radius 2 is 1.67 bits per heavy atom. The maximum Gasteiger partial charge on any atom is 0.0662 e. The first kappa shape index (κ1) is 12.5. The van der Waals surface area contributed by atoms with Crippen LogP contribution in [0.2, 0.25) is 5.02 Å². The molecule has 0 radical (unpaired) electrons. The molecule has 2 N–H and O–H groups in total. The average Bonchev–Trinajstić information content (AvgIpc) is 2.18. The third-order valence-electron chi connectivity index (χ3n) is 2.61. The summed E-state index contributed by atoms with van der Waals surface area (Å²) in [5.74, 6) is 0. The Kier molecular flexibility index (Phi) is 4.58. The maximum absolute atomic E-state index is 9.38. The number of halogens is 1. The van der Waals surface area contributed by atoms with Gasteiger partial charge >= 0.3 is 0 Å². The smallest absolute Gasteiger partial charge is 0.0662 e. The van der Waals surface area contributed by atoms with Crippen molar-refractivity contribution < 1.29 is 5.11 Å². The molecule has 0 aromatic heterocycles. The van der Waals surface area contributed by atoms with E-state index in [2.05, 4.69) is 12.2 Å². The summed E-state index contributed by atoms with van der Waals surface area (Å²) < 4.78 is 0. The van der Waals surface area contributed by atoms with E-state index in [0.717, 1.165) is 5.02 Å². The van der Waals surface area contributed by atoms with Crippen molar-refractivity contribution in [2.75, 3.05) is 0 Å². The van der Waals surface area contributed by atoms with Crippen LogP contribution in [0.1, 0.15) is 32.4 Å². The molecule has 0 aliphatic carbocycles. The Morgan fingerprint density at radius 1 is 1.13 bits per heavy atom. The molecule has 3 atom stereocenters. The molecule has 0 bridgehead atoms. The highest BCUT2D eigenvalue weighted by Crippen LogP contribution is 2.16. The van der Waals surface area contributed by atoms with Crippen molar-refractivity contribution in [1.29, 1.82) is 0 Å². The Hall–Kier alpha value is -0.570. The second-order valence-electron chi connectivity index (χ2n) is 3.97. The average molecular weight is 228 g/mol. The van der Waals surface area contributed by atoms with Crippen LogP contribution in [0.25, 0.3) is 0 Å². The molecule has 15 heavy (non-hydrogen) atoms. The number of nitrogens with one attached hydrogen (secondary N) is 1. The SMILES string of the molecule is CC(O)C(C)N[C@@H](C)c1ccc(Cl)cc1. The molecule has 0 aliphatic rings. The number of hydrogen-bond donors (Lipinski definition) is 2. The van der Waals surface area contributed by atoms with Crippen molar-refractivity contribution in [1.82, 2.24) is 5.32 Å². The lowest BCUT2D eigenvalue weighted by Crippen LogP contribution is -2.37. The molecule has 0 amide bonds. The van der Waals surface area contributed by atoms with Gasteiger partial charge in [0.1, 0.15) is 0 Å². The van der Waals surface area contributed by atoms with Crippen molar-refractivity contribution in [2.24, 2.45) is 0 Å². The number of rotatable bonds is 4. The molecule has 0 spiro atoms. The third-order valence-corrected chi connectivity index (χ3v) is 2.86. The second-order valence-corrected chi connectivity index (χ2v) is 4.41. The highest BCUT2D eigenvalue weighted by molar-refractivity contribution is 6.30. The molecule has 0 saturated carbocycles. The second kappa shape index (κ2) is 5.50. The van der Waals surface area contributed by atoms with E-state index in [4.69, 9.17) is 11.6 Å². The fraction of sp³-hybridized carbons (Fsp3) is 0.500. The van der Waals surface area contributed by atoms with Gasteiger partial charge in [0.2, 0.25) is 0 Å². The van der Waals surface area contributed by atoms with Gasteiger partial charge in [-0.2, -0.15) is 0 Å². The lowest BCUT2D eigenvalue weighted by molar-refractivity contribution is 0.147. The minimum Gasteiger partial charge on any atom is -0.392 e. The van der Waals surface area contributed by atoms with E-state index >= 15 is 0 Å². The molecule has 0 heterocycles. The fourth-order valence-electron chi connectivity index (χ4n) is 1.38. The number of aliphatic hydroxyl groups is 1. The van der Waals surface area contributed by atoms with Gasteiger partial charge in [0.25, 0.3) is 0 Å². The minimum absolute atomic E-state index is 0.0793. The molecular formula is C12H18ClNO. The van der Waals surface area contributed by atoms with E-state index in [-0.39, 0.29) is 18.2 Å². The topological polar surface area (TPSA) is 32.3 Å². The molecule has 0 aliphatic heterocycles. The molecule has 3 heteroatoms. The van der Waals surface area contributed by atoms with Crippen molar-refractivity contribution in [3.8, 4) is 0 Å². The minimum atomic E-state index is -0.347. The first-order chi connectivity index (χ1) is 7.00. The molecule has 1 aromatic carbocycles. The van der Waals surface area contributed by atoms with E-state index in [9.17, 15) is 5.11 Å². The van der Waals surface area contributed by atoms with Gasteiger partial charge in [-0.3, -0.25) is 0 Å². The molecule has 1 aromatic rings. The van der Waals surface area contributed by atoms with E-state index in [1.54, 1.807) is 6.92 Å². The quantitative estimate of drug-likeness (QED) is 0.829. The molecule has 0 fully saturated rings. The van der Waals surface area contributed by atoms with Crippen LogP contribution in [0, 0.1) is 0 Å². The van der Waals surface area contributed by atoms with E-state index in [0.29, 0.717) is 0 Å². The van der Waals surface area contributed by atoms with Gasteiger partial charge in [-0.25, -0.2) is 0 Å². The van der Waals surface area contributed by atoms with Crippen LogP contribution >= 0.6 is 11.6 Å². The molecule has 84 valence electrons. The van der Waals surface area contributed by atoms with Gasteiger partial charge in [0.15, 0.2) is 0 Å². The molecule has 2 nitrogen and oxygen atoms in total. The predicted octanol–water partition coefficient (Wildman–Crippen LogP) is 2.76. The Bertz CT molecular complexity index is 297. The van der Waals surface area contributed by atoms with Crippen LogP contribution in [0.15, 0.2) is 24.3 Å². The summed E-state index contributed by atoms with van der Waals surface area (Å²) in [6.07, 6.45) is -0.347. The first-order valence-electron chi connectivity index (χ1n) is 5.20. The monoisotopic (exact) mass is 227 g/mol. The van der Waals surface area contributed by atoms with Crippen LogP contribution < -0.4 is 5.32 Å². The van der Waals surface area contributed by atoms with Gasteiger partial charge in [-0.15, -0.1) is 0 Å². The summed E-state index contributed by atoms with van der Waals surface area (Å²) in [7, 11) is 0. The normalized spacial score (nSPS) is 17.1. The lowest BCUT2D eigenvalue weighted by atomic mass is 10.1. The zero-order chi connectivity index (χ0) is 11.4. The highest BCUT2D eigenvalue weighted by Gasteiger charge is 2.12. The van der Waals surface area contributed by atoms with Gasteiger partial charge in [-0.1, -0.05) is 23.7 Å².